The van der Waals surface area contributed by atoms with Crippen LogP contribution in [0, 0.1) is 13.8 Å². The Morgan fingerprint density at radius 1 is 1.00 bits per heavy atom. The van der Waals surface area contributed by atoms with Crippen LogP contribution in [0.3, 0.4) is 0 Å². The lowest BCUT2D eigenvalue weighted by atomic mass is 10.1. The van der Waals surface area contributed by atoms with Crippen LogP contribution < -0.4 is 4.90 Å². The molecule has 0 radical (unpaired) electrons. The molecular weight excluding hydrogens is 482 g/mol. The van der Waals surface area contributed by atoms with Gasteiger partial charge >= 0.3 is 0 Å². The highest BCUT2D eigenvalue weighted by Crippen LogP contribution is 2.30. The molecule has 0 amide bonds. The van der Waals surface area contributed by atoms with Gasteiger partial charge < -0.3 is 4.90 Å². The average Bonchev–Trinajstić information content (AvgIpc) is 3.26. The minimum Gasteiger partial charge on any atom is -0.345 e. The van der Waals surface area contributed by atoms with Crippen molar-refractivity contribution in [3.63, 3.8) is 0 Å². The molecule has 3 aromatic rings. The van der Waals surface area contributed by atoms with Crippen molar-refractivity contribution in [2.75, 3.05) is 31.1 Å². The Hall–Kier alpha value is -1.74. The molecule has 0 aliphatic carbocycles. The van der Waals surface area contributed by atoms with Gasteiger partial charge in [-0.05, 0) is 48.7 Å². The molecule has 1 saturated heterocycles. The Bertz CT molecular complexity index is 1140. The summed E-state index contributed by atoms with van der Waals surface area (Å²) in [5.41, 5.74) is 5.68. The molecule has 1 fully saturated rings. The fraction of sp³-hybridized carbons (Fsp3) is 0.318. The van der Waals surface area contributed by atoms with Crippen molar-refractivity contribution < 1.29 is 8.42 Å². The molecule has 4 rings (SSSR count). The molecule has 0 N–H and O–H groups in total. The summed E-state index contributed by atoms with van der Waals surface area (Å²) >= 11 is 5.00. The highest BCUT2D eigenvalue weighted by atomic mass is 79.9. The van der Waals surface area contributed by atoms with Crippen molar-refractivity contribution in [2.24, 2.45) is 0 Å². The summed E-state index contributed by atoms with van der Waals surface area (Å²) < 4.78 is 27.5. The van der Waals surface area contributed by atoms with Crippen LogP contribution in [-0.4, -0.2) is 43.9 Å². The molecule has 0 unspecified atom stereocenters. The summed E-state index contributed by atoms with van der Waals surface area (Å²) in [4.78, 5) is 7.34. The van der Waals surface area contributed by atoms with E-state index >= 15 is 0 Å². The van der Waals surface area contributed by atoms with Crippen LogP contribution >= 0.6 is 27.3 Å². The third-order valence-electron chi connectivity index (χ3n) is 5.52. The number of piperazine rings is 1. The largest absolute Gasteiger partial charge is 0.345 e. The molecule has 1 aliphatic rings. The minimum atomic E-state index is -3.46. The second-order valence-electron chi connectivity index (χ2n) is 7.48. The van der Waals surface area contributed by atoms with Crippen LogP contribution in [0.2, 0.25) is 0 Å². The summed E-state index contributed by atoms with van der Waals surface area (Å²) in [7, 11) is -3.46. The van der Waals surface area contributed by atoms with E-state index in [-0.39, 0.29) is 0 Å². The molecule has 30 heavy (non-hydrogen) atoms. The molecule has 1 aromatic heterocycles. The quantitative estimate of drug-likeness (QED) is 0.465. The van der Waals surface area contributed by atoms with Crippen LogP contribution in [0.15, 0.2) is 52.7 Å². The molecule has 8 heteroatoms. The monoisotopic (exact) mass is 505 g/mol. The maximum Gasteiger partial charge on any atom is 0.243 e. The van der Waals surface area contributed by atoms with E-state index in [1.165, 1.54) is 11.1 Å². The third kappa shape index (κ3) is 4.32. The normalized spacial score (nSPS) is 15.5. The van der Waals surface area contributed by atoms with Gasteiger partial charge in [-0.3, -0.25) is 0 Å². The number of sulfonamides is 1. The van der Waals surface area contributed by atoms with E-state index in [0.717, 1.165) is 22.0 Å². The molecule has 158 valence electrons. The van der Waals surface area contributed by atoms with Gasteiger partial charge in [-0.25, -0.2) is 13.4 Å². The second-order valence-corrected chi connectivity index (χ2v) is 10.8. The molecule has 2 heterocycles. The van der Waals surface area contributed by atoms with Gasteiger partial charge in [0.2, 0.25) is 10.0 Å². The van der Waals surface area contributed by atoms with E-state index in [1.807, 2.05) is 12.1 Å². The van der Waals surface area contributed by atoms with Crippen molar-refractivity contribution >= 4 is 42.4 Å². The van der Waals surface area contributed by atoms with E-state index in [0.29, 0.717) is 36.4 Å². The van der Waals surface area contributed by atoms with E-state index in [2.05, 4.69) is 58.3 Å². The summed E-state index contributed by atoms with van der Waals surface area (Å²) in [6.45, 7) is 6.41. The minimum absolute atomic E-state index is 0.354. The van der Waals surface area contributed by atoms with Gasteiger partial charge in [0.15, 0.2) is 5.13 Å². The summed E-state index contributed by atoms with van der Waals surface area (Å²) in [6, 6.07) is 13.5. The van der Waals surface area contributed by atoms with Crippen molar-refractivity contribution in [2.45, 2.75) is 24.1 Å². The third-order valence-corrected chi connectivity index (χ3v) is 8.98. The number of hydrogen-bond acceptors (Lipinski definition) is 5. The SMILES string of the molecule is Cc1ccc(-c2csc(N3CCN(S(=O)(=O)c4ccc(CBr)cc4)CC3)n2)cc1C. The predicted octanol–water partition coefficient (Wildman–Crippen LogP) is 4.83. The summed E-state index contributed by atoms with van der Waals surface area (Å²) in [6.07, 6.45) is 0. The molecule has 0 bridgehead atoms. The maximum atomic E-state index is 13.0. The van der Waals surface area contributed by atoms with E-state index < -0.39 is 10.0 Å². The molecule has 0 atom stereocenters. The Labute approximate surface area is 190 Å². The first-order valence-corrected chi connectivity index (χ1v) is 13.3. The fourth-order valence-corrected chi connectivity index (χ4v) is 6.15. The van der Waals surface area contributed by atoms with Gasteiger partial charge in [-0.15, -0.1) is 11.3 Å². The Kier molecular flexibility index (Phi) is 6.29. The number of hydrogen-bond donors (Lipinski definition) is 0. The Balaban J connectivity index is 1.44. The predicted molar refractivity (Wildman–Crippen MR) is 127 cm³/mol. The number of thiazole rings is 1. The van der Waals surface area contributed by atoms with E-state index in [9.17, 15) is 8.42 Å². The smallest absolute Gasteiger partial charge is 0.243 e. The first-order valence-electron chi connectivity index (χ1n) is 9.81. The van der Waals surface area contributed by atoms with Gasteiger partial charge in [0.25, 0.3) is 0 Å². The number of halogens is 1. The standard InChI is InChI=1S/C22H24BrN3O2S2/c1-16-3-6-19(13-17(16)2)21-15-29-22(24-21)25-9-11-26(12-10-25)30(27,28)20-7-4-18(14-23)5-8-20/h3-8,13,15H,9-12,14H2,1-2H3. The summed E-state index contributed by atoms with van der Waals surface area (Å²) in [5, 5.41) is 3.74. The maximum absolute atomic E-state index is 13.0. The van der Waals surface area contributed by atoms with Crippen molar-refractivity contribution in [3.05, 3.63) is 64.5 Å². The van der Waals surface area contributed by atoms with Gasteiger partial charge in [-0.1, -0.05) is 40.2 Å². The van der Waals surface area contributed by atoms with Crippen molar-refractivity contribution in [3.8, 4) is 11.3 Å². The van der Waals surface area contributed by atoms with Crippen LogP contribution in [0.1, 0.15) is 16.7 Å². The van der Waals surface area contributed by atoms with Gasteiger partial charge in [0.1, 0.15) is 0 Å². The lowest BCUT2D eigenvalue weighted by Gasteiger charge is -2.33. The molecular formula is C22H24BrN3O2S2. The van der Waals surface area contributed by atoms with Crippen LogP contribution in [0.4, 0.5) is 5.13 Å². The van der Waals surface area contributed by atoms with Gasteiger partial charge in [0, 0.05) is 42.5 Å². The highest BCUT2D eigenvalue weighted by molar-refractivity contribution is 9.08. The van der Waals surface area contributed by atoms with Crippen LogP contribution in [-0.2, 0) is 15.4 Å². The molecule has 2 aromatic carbocycles. The molecule has 1 aliphatic heterocycles. The number of aryl methyl sites for hydroxylation is 2. The zero-order chi connectivity index (χ0) is 21.3. The van der Waals surface area contributed by atoms with Crippen LogP contribution in [0.5, 0.6) is 0 Å². The second kappa shape index (κ2) is 8.78. The molecule has 0 saturated carbocycles. The highest BCUT2D eigenvalue weighted by Gasteiger charge is 2.29. The average molecular weight is 506 g/mol. The zero-order valence-corrected chi connectivity index (χ0v) is 20.2. The van der Waals surface area contributed by atoms with Crippen molar-refractivity contribution in [1.29, 1.82) is 0 Å². The zero-order valence-electron chi connectivity index (χ0n) is 17.0. The number of rotatable bonds is 5. The fourth-order valence-electron chi connectivity index (χ4n) is 3.46. The van der Waals surface area contributed by atoms with Gasteiger partial charge in [-0.2, -0.15) is 4.31 Å². The van der Waals surface area contributed by atoms with E-state index in [4.69, 9.17) is 4.98 Å². The van der Waals surface area contributed by atoms with Gasteiger partial charge in [0.05, 0.1) is 10.6 Å². The summed E-state index contributed by atoms with van der Waals surface area (Å²) in [5.74, 6) is 0. The van der Waals surface area contributed by atoms with Crippen molar-refractivity contribution in [1.82, 2.24) is 9.29 Å². The first-order chi connectivity index (χ1) is 14.4. The van der Waals surface area contributed by atoms with E-state index in [1.54, 1.807) is 27.8 Å². The Morgan fingerprint density at radius 3 is 2.33 bits per heavy atom. The number of alkyl halides is 1. The number of benzene rings is 2. The Morgan fingerprint density at radius 2 is 1.70 bits per heavy atom. The first kappa shape index (κ1) is 21.5. The topological polar surface area (TPSA) is 53.5 Å². The lowest BCUT2D eigenvalue weighted by molar-refractivity contribution is 0.385. The number of anilines is 1. The molecule has 0 spiro atoms. The number of aromatic nitrogens is 1. The number of nitrogens with zero attached hydrogens (tertiary/aromatic N) is 3. The van der Waals surface area contributed by atoms with Crippen LogP contribution in [0.25, 0.3) is 11.3 Å². The molecule has 5 nitrogen and oxygen atoms in total. The lowest BCUT2D eigenvalue weighted by Crippen LogP contribution is -2.48.